The number of aromatic nitrogens is 2. The van der Waals surface area contributed by atoms with Crippen molar-refractivity contribution in [3.8, 4) is 0 Å². The van der Waals surface area contributed by atoms with Crippen LogP contribution in [0.2, 0.25) is 0 Å². The largest absolute Gasteiger partial charge is 0.317 e. The van der Waals surface area contributed by atoms with E-state index in [0.717, 1.165) is 12.8 Å². The van der Waals surface area contributed by atoms with Gasteiger partial charge in [0, 0.05) is 19.1 Å². The van der Waals surface area contributed by atoms with Crippen LogP contribution in [-0.4, -0.2) is 49.1 Å². The first-order valence-corrected chi connectivity index (χ1v) is 8.08. The van der Waals surface area contributed by atoms with Gasteiger partial charge in [0.05, 0.1) is 11.9 Å². The Kier molecular flexibility index (Phi) is 4.27. The highest BCUT2D eigenvalue weighted by Crippen LogP contribution is 2.26. The Hall–Kier alpha value is -0.920. The number of hydrogen-bond donors (Lipinski definition) is 2. The Morgan fingerprint density at radius 3 is 2.89 bits per heavy atom. The number of nitrogens with one attached hydrogen (secondary N) is 2. The third-order valence-corrected chi connectivity index (χ3v) is 5.96. The second-order valence-corrected chi connectivity index (χ2v) is 7.11. The third kappa shape index (κ3) is 2.82. The van der Waals surface area contributed by atoms with Gasteiger partial charge in [0.25, 0.3) is 0 Å². The van der Waals surface area contributed by atoms with Crippen LogP contribution in [0.1, 0.15) is 25.5 Å². The van der Waals surface area contributed by atoms with Crippen molar-refractivity contribution in [3.05, 3.63) is 11.9 Å². The Balaban J connectivity index is 2.20. The number of piperidine rings is 1. The maximum Gasteiger partial charge on any atom is 0.246 e. The van der Waals surface area contributed by atoms with E-state index in [0.29, 0.717) is 35.6 Å². The molecule has 1 aliphatic rings. The van der Waals surface area contributed by atoms with Crippen molar-refractivity contribution in [2.75, 3.05) is 20.1 Å². The summed E-state index contributed by atoms with van der Waals surface area (Å²) < 4.78 is 26.7. The second kappa shape index (κ2) is 5.60. The van der Waals surface area contributed by atoms with E-state index < -0.39 is 10.0 Å². The van der Waals surface area contributed by atoms with Crippen LogP contribution in [0.3, 0.4) is 0 Å². The smallest absolute Gasteiger partial charge is 0.246 e. The number of aryl methyl sites for hydroxylation is 1. The number of nitrogens with zero attached hydrogens (tertiary/aromatic N) is 2. The monoisotopic (exact) mass is 286 g/mol. The van der Waals surface area contributed by atoms with E-state index in [2.05, 4.69) is 22.4 Å². The zero-order valence-corrected chi connectivity index (χ0v) is 12.5. The summed E-state index contributed by atoms with van der Waals surface area (Å²) in [6, 6.07) is 0.323. The van der Waals surface area contributed by atoms with Gasteiger partial charge in [-0.2, -0.15) is 9.40 Å². The molecule has 0 amide bonds. The van der Waals surface area contributed by atoms with Crippen molar-refractivity contribution < 1.29 is 8.42 Å². The van der Waals surface area contributed by atoms with Crippen LogP contribution in [0, 0.1) is 12.8 Å². The van der Waals surface area contributed by atoms with E-state index in [4.69, 9.17) is 0 Å². The molecule has 1 aromatic rings. The molecular formula is C12H22N4O2S. The fourth-order valence-electron chi connectivity index (χ4n) is 2.57. The van der Waals surface area contributed by atoms with Gasteiger partial charge in [-0.15, -0.1) is 0 Å². The van der Waals surface area contributed by atoms with Crippen molar-refractivity contribution >= 4 is 10.0 Å². The van der Waals surface area contributed by atoms with Crippen LogP contribution < -0.4 is 5.32 Å². The summed E-state index contributed by atoms with van der Waals surface area (Å²) in [5.74, 6) is 0.362. The van der Waals surface area contributed by atoms with Crippen LogP contribution in [0.15, 0.2) is 11.1 Å². The van der Waals surface area contributed by atoms with Crippen molar-refractivity contribution in [3.63, 3.8) is 0 Å². The summed E-state index contributed by atoms with van der Waals surface area (Å²) in [6.07, 6.45) is 3.38. The normalized spacial score (nSPS) is 23.4. The van der Waals surface area contributed by atoms with Crippen LogP contribution in [-0.2, 0) is 10.0 Å². The number of sulfonamides is 1. The minimum atomic E-state index is -3.41. The van der Waals surface area contributed by atoms with Crippen molar-refractivity contribution in [2.45, 2.75) is 37.6 Å². The van der Waals surface area contributed by atoms with Crippen molar-refractivity contribution in [1.29, 1.82) is 0 Å². The molecule has 19 heavy (non-hydrogen) atoms. The first-order chi connectivity index (χ1) is 8.96. The predicted molar refractivity (Wildman–Crippen MR) is 73.3 cm³/mol. The summed E-state index contributed by atoms with van der Waals surface area (Å²) in [5, 5.41) is 9.71. The summed E-state index contributed by atoms with van der Waals surface area (Å²) in [5.41, 5.74) is 0.601. The minimum Gasteiger partial charge on any atom is -0.317 e. The Morgan fingerprint density at radius 1 is 1.58 bits per heavy atom. The molecule has 2 rings (SSSR count). The molecule has 0 aromatic carbocycles. The number of rotatable bonds is 4. The molecule has 2 unspecified atom stereocenters. The lowest BCUT2D eigenvalue weighted by molar-refractivity contribution is 0.229. The molecule has 6 nitrogen and oxygen atoms in total. The van der Waals surface area contributed by atoms with Gasteiger partial charge in [0.15, 0.2) is 0 Å². The molecule has 2 N–H and O–H groups in total. The van der Waals surface area contributed by atoms with E-state index in [1.807, 2.05) is 7.05 Å². The van der Waals surface area contributed by atoms with Gasteiger partial charge in [0.1, 0.15) is 4.90 Å². The zero-order chi connectivity index (χ0) is 14.0. The lowest BCUT2D eigenvalue weighted by atomic mass is 9.93. The minimum absolute atomic E-state index is 0.297. The number of hydrogen-bond acceptors (Lipinski definition) is 4. The average molecular weight is 286 g/mol. The molecule has 0 spiro atoms. The molecule has 0 aliphatic carbocycles. The molecule has 0 radical (unpaired) electrons. The highest BCUT2D eigenvalue weighted by Gasteiger charge is 2.33. The van der Waals surface area contributed by atoms with Crippen molar-refractivity contribution in [1.82, 2.24) is 19.8 Å². The molecule has 1 saturated heterocycles. The summed E-state index contributed by atoms with van der Waals surface area (Å²) >= 11 is 0. The highest BCUT2D eigenvalue weighted by molar-refractivity contribution is 7.89. The topological polar surface area (TPSA) is 78.1 Å². The van der Waals surface area contributed by atoms with Crippen LogP contribution in [0.25, 0.3) is 0 Å². The molecule has 2 atom stereocenters. The molecule has 1 aromatic heterocycles. The van der Waals surface area contributed by atoms with E-state index in [-0.39, 0.29) is 0 Å². The maximum atomic E-state index is 12.6. The Labute approximate surface area is 114 Å². The molecule has 2 heterocycles. The van der Waals surface area contributed by atoms with Crippen LogP contribution in [0.4, 0.5) is 0 Å². The van der Waals surface area contributed by atoms with Crippen LogP contribution in [0.5, 0.6) is 0 Å². The second-order valence-electron chi connectivity index (χ2n) is 5.20. The number of H-pyrrole nitrogens is 1. The quantitative estimate of drug-likeness (QED) is 0.855. The van der Waals surface area contributed by atoms with E-state index in [1.54, 1.807) is 11.2 Å². The first kappa shape index (κ1) is 14.5. The van der Waals surface area contributed by atoms with Gasteiger partial charge < -0.3 is 5.32 Å². The van der Waals surface area contributed by atoms with Crippen LogP contribution >= 0.6 is 0 Å². The molecule has 0 bridgehead atoms. The molecular weight excluding hydrogens is 264 g/mol. The Bertz CT molecular complexity index is 526. The molecule has 0 saturated carbocycles. The molecule has 108 valence electrons. The summed E-state index contributed by atoms with van der Waals surface area (Å²) in [7, 11) is -1.50. The van der Waals surface area contributed by atoms with E-state index in [1.165, 1.54) is 6.20 Å². The summed E-state index contributed by atoms with van der Waals surface area (Å²) in [4.78, 5) is 0.297. The lowest BCUT2D eigenvalue weighted by Gasteiger charge is -2.34. The third-order valence-electron chi connectivity index (χ3n) is 3.98. The fraction of sp³-hybridized carbons (Fsp3) is 0.750. The van der Waals surface area contributed by atoms with E-state index >= 15 is 0 Å². The number of aromatic amines is 1. The van der Waals surface area contributed by atoms with Gasteiger partial charge >= 0.3 is 0 Å². The molecule has 1 aliphatic heterocycles. The van der Waals surface area contributed by atoms with Gasteiger partial charge in [-0.3, -0.25) is 5.10 Å². The molecule has 1 fully saturated rings. The fourth-order valence-corrected chi connectivity index (χ4v) is 4.23. The first-order valence-electron chi connectivity index (χ1n) is 6.64. The zero-order valence-electron chi connectivity index (χ0n) is 11.7. The highest BCUT2D eigenvalue weighted by atomic mass is 32.2. The van der Waals surface area contributed by atoms with Gasteiger partial charge in [0.2, 0.25) is 10.0 Å². The SMILES string of the molecule is CNC(C)C1CCCN(S(=O)(=O)c2cn[nH]c2C)C1. The van der Waals surface area contributed by atoms with Crippen molar-refractivity contribution in [2.24, 2.45) is 5.92 Å². The van der Waals surface area contributed by atoms with Gasteiger partial charge in [-0.05, 0) is 39.7 Å². The van der Waals surface area contributed by atoms with Gasteiger partial charge in [-0.25, -0.2) is 8.42 Å². The average Bonchev–Trinajstić information content (AvgIpc) is 2.85. The predicted octanol–water partition coefficient (Wildman–Crippen LogP) is 0.727. The Morgan fingerprint density at radius 2 is 2.32 bits per heavy atom. The molecule has 7 heteroatoms. The van der Waals surface area contributed by atoms with Gasteiger partial charge in [-0.1, -0.05) is 0 Å². The lowest BCUT2D eigenvalue weighted by Crippen LogP contribution is -2.45. The standard InChI is InChI=1S/C12H22N4O2S/c1-9(13-3)11-5-4-6-16(8-11)19(17,18)12-7-14-15-10(12)2/h7,9,11,13H,4-6,8H2,1-3H3,(H,14,15). The summed E-state index contributed by atoms with van der Waals surface area (Å²) in [6.45, 7) is 5.01. The van der Waals surface area contributed by atoms with E-state index in [9.17, 15) is 8.42 Å². The maximum absolute atomic E-state index is 12.6.